The number of hydrogen-bond acceptors (Lipinski definition) is 2. The molecule has 0 bridgehead atoms. The minimum absolute atomic E-state index is 0.0201. The van der Waals surface area contributed by atoms with Crippen molar-refractivity contribution < 1.29 is 4.79 Å². The zero-order chi connectivity index (χ0) is 19.4. The third-order valence-electron chi connectivity index (χ3n) is 5.41. The van der Waals surface area contributed by atoms with E-state index in [1.54, 1.807) is 0 Å². The Hall–Kier alpha value is -2.13. The fourth-order valence-electron chi connectivity index (χ4n) is 3.89. The van der Waals surface area contributed by atoms with Crippen LogP contribution < -0.4 is 5.32 Å². The number of carbonyl (C=O) groups excluding carboxylic acids is 1. The van der Waals surface area contributed by atoms with Crippen molar-refractivity contribution in [2.24, 2.45) is 0 Å². The van der Waals surface area contributed by atoms with Gasteiger partial charge in [0.2, 0.25) is 0 Å². The number of para-hydroxylation sites is 1. The third-order valence-corrected chi connectivity index (χ3v) is 5.41. The van der Waals surface area contributed by atoms with Crippen molar-refractivity contribution in [2.75, 3.05) is 18.4 Å². The molecule has 0 radical (unpaired) electrons. The second-order valence-corrected chi connectivity index (χ2v) is 8.26. The molecule has 0 spiro atoms. The molecular weight excluding hydrogens is 332 g/mol. The van der Waals surface area contributed by atoms with Crippen LogP contribution in [0.15, 0.2) is 42.5 Å². The van der Waals surface area contributed by atoms with Gasteiger partial charge in [0.25, 0.3) is 5.91 Å². The SMILES string of the molecule is CC(C)c1cccc(C(C)C)c1NC(=O)c1cccc(CN2CCCC2)c1. The summed E-state index contributed by atoms with van der Waals surface area (Å²) in [7, 11) is 0. The molecule has 1 aliphatic heterocycles. The van der Waals surface area contributed by atoms with E-state index in [4.69, 9.17) is 0 Å². The number of likely N-dealkylation sites (tertiary alicyclic amines) is 1. The minimum Gasteiger partial charge on any atom is -0.321 e. The molecule has 2 aromatic carbocycles. The van der Waals surface area contributed by atoms with E-state index in [0.717, 1.165) is 30.9 Å². The summed E-state index contributed by atoms with van der Waals surface area (Å²) in [5.74, 6) is 0.703. The number of rotatable bonds is 6. The van der Waals surface area contributed by atoms with E-state index in [1.807, 2.05) is 18.2 Å². The topological polar surface area (TPSA) is 32.3 Å². The van der Waals surface area contributed by atoms with E-state index in [-0.39, 0.29) is 5.91 Å². The first-order valence-electron chi connectivity index (χ1n) is 10.2. The van der Waals surface area contributed by atoms with E-state index < -0.39 is 0 Å². The average molecular weight is 365 g/mol. The Morgan fingerprint density at radius 2 is 1.56 bits per heavy atom. The molecule has 27 heavy (non-hydrogen) atoms. The molecule has 2 aromatic rings. The predicted octanol–water partition coefficient (Wildman–Crippen LogP) is 5.78. The quantitative estimate of drug-likeness (QED) is 0.704. The van der Waals surface area contributed by atoms with Crippen molar-refractivity contribution in [3.8, 4) is 0 Å². The lowest BCUT2D eigenvalue weighted by molar-refractivity contribution is 0.102. The molecule has 1 heterocycles. The lowest BCUT2D eigenvalue weighted by Crippen LogP contribution is -2.19. The third kappa shape index (κ3) is 4.78. The number of nitrogens with one attached hydrogen (secondary N) is 1. The summed E-state index contributed by atoms with van der Waals surface area (Å²) in [5.41, 5.74) is 5.33. The van der Waals surface area contributed by atoms with Crippen molar-refractivity contribution in [3.63, 3.8) is 0 Å². The van der Waals surface area contributed by atoms with E-state index in [2.05, 4.69) is 62.2 Å². The Labute approximate surface area is 163 Å². The summed E-state index contributed by atoms with van der Waals surface area (Å²) in [6, 6.07) is 14.4. The van der Waals surface area contributed by atoms with Crippen molar-refractivity contribution in [3.05, 3.63) is 64.7 Å². The minimum atomic E-state index is -0.0201. The summed E-state index contributed by atoms with van der Waals surface area (Å²) in [6.45, 7) is 11.9. The van der Waals surface area contributed by atoms with Gasteiger partial charge in [-0.2, -0.15) is 0 Å². The van der Waals surface area contributed by atoms with E-state index in [1.165, 1.54) is 29.5 Å². The normalized spacial score (nSPS) is 14.9. The molecule has 1 N–H and O–H groups in total. The highest BCUT2D eigenvalue weighted by Crippen LogP contribution is 2.32. The van der Waals surface area contributed by atoms with Gasteiger partial charge in [0.1, 0.15) is 0 Å². The van der Waals surface area contributed by atoms with E-state index in [9.17, 15) is 4.79 Å². The van der Waals surface area contributed by atoms with Crippen LogP contribution in [0.25, 0.3) is 0 Å². The molecular formula is C24H32N2O. The monoisotopic (exact) mass is 364 g/mol. The first-order valence-corrected chi connectivity index (χ1v) is 10.2. The summed E-state index contributed by atoms with van der Waals surface area (Å²) in [4.78, 5) is 15.5. The number of benzene rings is 2. The van der Waals surface area contributed by atoms with Crippen LogP contribution in [0.3, 0.4) is 0 Å². The summed E-state index contributed by atoms with van der Waals surface area (Å²) < 4.78 is 0. The number of hydrogen-bond donors (Lipinski definition) is 1. The van der Waals surface area contributed by atoms with Crippen molar-refractivity contribution in [1.82, 2.24) is 4.90 Å². The van der Waals surface area contributed by atoms with Gasteiger partial charge in [-0.05, 0) is 66.6 Å². The maximum atomic E-state index is 13.0. The first kappa shape index (κ1) is 19.6. The Balaban J connectivity index is 1.83. The van der Waals surface area contributed by atoms with Crippen LogP contribution in [0.4, 0.5) is 5.69 Å². The fourth-order valence-corrected chi connectivity index (χ4v) is 3.89. The maximum Gasteiger partial charge on any atom is 0.255 e. The van der Waals surface area contributed by atoms with Gasteiger partial charge in [0.15, 0.2) is 0 Å². The van der Waals surface area contributed by atoms with Crippen LogP contribution in [-0.4, -0.2) is 23.9 Å². The van der Waals surface area contributed by atoms with Crippen LogP contribution in [0.5, 0.6) is 0 Å². The standard InChI is InChI=1S/C24H32N2O/c1-17(2)21-11-8-12-22(18(3)4)23(21)25-24(27)20-10-7-9-19(15-20)16-26-13-5-6-14-26/h7-12,15,17-18H,5-6,13-14,16H2,1-4H3,(H,25,27). The van der Waals surface area contributed by atoms with E-state index in [0.29, 0.717) is 11.8 Å². The van der Waals surface area contributed by atoms with Gasteiger partial charge in [-0.3, -0.25) is 9.69 Å². The van der Waals surface area contributed by atoms with Gasteiger partial charge in [-0.15, -0.1) is 0 Å². The van der Waals surface area contributed by atoms with Crippen LogP contribution in [0.2, 0.25) is 0 Å². The molecule has 3 nitrogen and oxygen atoms in total. The second kappa shape index (κ2) is 8.71. The molecule has 0 aromatic heterocycles. The maximum absolute atomic E-state index is 13.0. The van der Waals surface area contributed by atoms with Gasteiger partial charge in [0.05, 0.1) is 0 Å². The fraction of sp³-hybridized carbons (Fsp3) is 0.458. The van der Waals surface area contributed by atoms with Crippen molar-refractivity contribution in [1.29, 1.82) is 0 Å². The lowest BCUT2D eigenvalue weighted by atomic mass is 9.92. The number of carbonyl (C=O) groups is 1. The highest BCUT2D eigenvalue weighted by atomic mass is 16.1. The number of amides is 1. The molecule has 1 amide bonds. The lowest BCUT2D eigenvalue weighted by Gasteiger charge is -2.20. The molecule has 0 saturated carbocycles. The van der Waals surface area contributed by atoms with Crippen LogP contribution in [0, 0.1) is 0 Å². The Kier molecular flexibility index (Phi) is 6.33. The molecule has 1 aliphatic rings. The Morgan fingerprint density at radius 1 is 0.963 bits per heavy atom. The van der Waals surface area contributed by atoms with Gasteiger partial charge < -0.3 is 5.32 Å². The van der Waals surface area contributed by atoms with Crippen molar-refractivity contribution >= 4 is 11.6 Å². The van der Waals surface area contributed by atoms with Gasteiger partial charge in [-0.25, -0.2) is 0 Å². The zero-order valence-electron chi connectivity index (χ0n) is 17.1. The van der Waals surface area contributed by atoms with Gasteiger partial charge in [0, 0.05) is 17.8 Å². The predicted molar refractivity (Wildman–Crippen MR) is 114 cm³/mol. The molecule has 3 heteroatoms. The molecule has 0 unspecified atom stereocenters. The molecule has 1 saturated heterocycles. The molecule has 3 rings (SSSR count). The van der Waals surface area contributed by atoms with Gasteiger partial charge >= 0.3 is 0 Å². The molecule has 1 fully saturated rings. The Morgan fingerprint density at radius 3 is 2.15 bits per heavy atom. The smallest absolute Gasteiger partial charge is 0.255 e. The summed E-state index contributed by atoms with van der Waals surface area (Å²) >= 11 is 0. The van der Waals surface area contributed by atoms with Gasteiger partial charge in [-0.1, -0.05) is 58.0 Å². The highest BCUT2D eigenvalue weighted by Gasteiger charge is 2.17. The Bertz CT molecular complexity index is 762. The van der Waals surface area contributed by atoms with Crippen LogP contribution in [-0.2, 0) is 6.54 Å². The number of anilines is 1. The first-order chi connectivity index (χ1) is 13.0. The van der Waals surface area contributed by atoms with E-state index >= 15 is 0 Å². The molecule has 0 atom stereocenters. The van der Waals surface area contributed by atoms with Crippen molar-refractivity contribution in [2.45, 2.75) is 58.9 Å². The summed E-state index contributed by atoms with van der Waals surface area (Å²) in [6.07, 6.45) is 2.56. The average Bonchev–Trinajstić information content (AvgIpc) is 3.14. The van der Waals surface area contributed by atoms with Crippen LogP contribution >= 0.6 is 0 Å². The van der Waals surface area contributed by atoms with Crippen LogP contribution in [0.1, 0.15) is 79.4 Å². The second-order valence-electron chi connectivity index (χ2n) is 8.26. The largest absolute Gasteiger partial charge is 0.321 e. The molecule has 144 valence electrons. The summed E-state index contributed by atoms with van der Waals surface area (Å²) in [5, 5.41) is 3.23. The zero-order valence-corrected chi connectivity index (χ0v) is 17.1. The number of nitrogens with zero attached hydrogens (tertiary/aromatic N) is 1. The molecule has 0 aliphatic carbocycles. The highest BCUT2D eigenvalue weighted by molar-refractivity contribution is 6.05.